The molecule has 16 heavy (non-hydrogen) atoms. The second kappa shape index (κ2) is 5.15. The summed E-state index contributed by atoms with van der Waals surface area (Å²) in [4.78, 5) is 13.7. The van der Waals surface area contributed by atoms with Crippen LogP contribution in [-0.2, 0) is 9.53 Å². The number of piperidine rings is 1. The van der Waals surface area contributed by atoms with Crippen LogP contribution in [-0.4, -0.2) is 48.8 Å². The minimum atomic E-state index is -0.505. The first kappa shape index (κ1) is 13.5. The van der Waals surface area contributed by atoms with E-state index in [9.17, 15) is 9.90 Å². The van der Waals surface area contributed by atoms with Crippen LogP contribution in [0.2, 0.25) is 0 Å². The van der Waals surface area contributed by atoms with Crippen LogP contribution in [0.3, 0.4) is 0 Å². The standard InChI is InChI=1S/C12H23NO3/c1-9-5-6-13(7-10(9)14)8-12(2,3)11(15)16-4/h9-10,14H,5-8H2,1-4H3. The molecule has 1 aliphatic rings. The van der Waals surface area contributed by atoms with Crippen molar-refractivity contribution in [3.8, 4) is 0 Å². The number of methoxy groups -OCH3 is 1. The third-order valence-corrected chi connectivity index (χ3v) is 3.36. The van der Waals surface area contributed by atoms with Gasteiger partial charge in [0.25, 0.3) is 0 Å². The number of aliphatic hydroxyl groups is 1. The van der Waals surface area contributed by atoms with Gasteiger partial charge in [0.1, 0.15) is 0 Å². The summed E-state index contributed by atoms with van der Waals surface area (Å²) in [6, 6.07) is 0. The summed E-state index contributed by atoms with van der Waals surface area (Å²) in [5.41, 5.74) is -0.505. The number of aliphatic hydroxyl groups excluding tert-OH is 1. The summed E-state index contributed by atoms with van der Waals surface area (Å²) in [7, 11) is 1.41. The van der Waals surface area contributed by atoms with Crippen LogP contribution in [0.4, 0.5) is 0 Å². The zero-order chi connectivity index (χ0) is 12.3. The van der Waals surface area contributed by atoms with Crippen LogP contribution in [0.15, 0.2) is 0 Å². The molecular formula is C12H23NO3. The van der Waals surface area contributed by atoms with E-state index in [1.807, 2.05) is 13.8 Å². The Hall–Kier alpha value is -0.610. The summed E-state index contributed by atoms with van der Waals surface area (Å²) in [5, 5.41) is 9.78. The van der Waals surface area contributed by atoms with Gasteiger partial charge >= 0.3 is 5.97 Å². The van der Waals surface area contributed by atoms with Crippen LogP contribution in [0.5, 0.6) is 0 Å². The Morgan fingerprint density at radius 2 is 2.19 bits per heavy atom. The van der Waals surface area contributed by atoms with Crippen molar-refractivity contribution in [1.82, 2.24) is 4.90 Å². The molecule has 1 aliphatic heterocycles. The van der Waals surface area contributed by atoms with E-state index in [-0.39, 0.29) is 12.1 Å². The van der Waals surface area contributed by atoms with Crippen LogP contribution in [0, 0.1) is 11.3 Å². The lowest BCUT2D eigenvalue weighted by Crippen LogP contribution is -2.48. The van der Waals surface area contributed by atoms with Crippen LogP contribution in [0.1, 0.15) is 27.2 Å². The van der Waals surface area contributed by atoms with Crippen molar-refractivity contribution in [2.75, 3.05) is 26.7 Å². The Kier molecular flexibility index (Phi) is 4.33. The second-order valence-corrected chi connectivity index (χ2v) is 5.44. The van der Waals surface area contributed by atoms with Gasteiger partial charge in [-0.25, -0.2) is 0 Å². The lowest BCUT2D eigenvalue weighted by molar-refractivity contribution is -0.152. The van der Waals surface area contributed by atoms with Crippen molar-refractivity contribution in [3.63, 3.8) is 0 Å². The molecule has 1 fully saturated rings. The van der Waals surface area contributed by atoms with E-state index < -0.39 is 5.41 Å². The summed E-state index contributed by atoms with van der Waals surface area (Å²) in [5.74, 6) is 0.165. The molecular weight excluding hydrogens is 206 g/mol. The zero-order valence-electron chi connectivity index (χ0n) is 10.7. The first-order valence-electron chi connectivity index (χ1n) is 5.85. The van der Waals surface area contributed by atoms with Crippen LogP contribution >= 0.6 is 0 Å². The lowest BCUT2D eigenvalue weighted by Gasteiger charge is -2.37. The number of carbonyl (C=O) groups is 1. The molecule has 0 saturated carbocycles. The smallest absolute Gasteiger partial charge is 0.312 e. The maximum atomic E-state index is 11.5. The minimum Gasteiger partial charge on any atom is -0.469 e. The topological polar surface area (TPSA) is 49.8 Å². The number of rotatable bonds is 3. The van der Waals surface area contributed by atoms with Gasteiger partial charge in [-0.15, -0.1) is 0 Å². The van der Waals surface area contributed by atoms with Crippen molar-refractivity contribution in [3.05, 3.63) is 0 Å². The van der Waals surface area contributed by atoms with Gasteiger partial charge in [0.2, 0.25) is 0 Å². The van der Waals surface area contributed by atoms with E-state index in [0.717, 1.165) is 13.0 Å². The number of esters is 1. The highest BCUT2D eigenvalue weighted by Gasteiger charge is 2.34. The average Bonchev–Trinajstić information content (AvgIpc) is 2.22. The van der Waals surface area contributed by atoms with Crippen molar-refractivity contribution >= 4 is 5.97 Å². The maximum Gasteiger partial charge on any atom is 0.312 e. The Morgan fingerprint density at radius 3 is 2.69 bits per heavy atom. The molecule has 4 heteroatoms. The van der Waals surface area contributed by atoms with E-state index in [0.29, 0.717) is 19.0 Å². The molecule has 1 N–H and O–H groups in total. The molecule has 94 valence electrons. The van der Waals surface area contributed by atoms with Gasteiger partial charge in [-0.1, -0.05) is 6.92 Å². The summed E-state index contributed by atoms with van der Waals surface area (Å²) in [6.07, 6.45) is 0.709. The van der Waals surface area contributed by atoms with E-state index in [1.54, 1.807) is 0 Å². The highest BCUT2D eigenvalue weighted by molar-refractivity contribution is 5.76. The first-order chi connectivity index (χ1) is 7.36. The van der Waals surface area contributed by atoms with E-state index in [2.05, 4.69) is 11.8 Å². The molecule has 0 aliphatic carbocycles. The highest BCUT2D eigenvalue weighted by atomic mass is 16.5. The fourth-order valence-corrected chi connectivity index (χ4v) is 2.16. The van der Waals surface area contributed by atoms with E-state index in [4.69, 9.17) is 4.74 Å². The molecule has 1 rings (SSSR count). The number of hydrogen-bond acceptors (Lipinski definition) is 4. The summed E-state index contributed by atoms with van der Waals surface area (Å²) >= 11 is 0. The Morgan fingerprint density at radius 1 is 1.56 bits per heavy atom. The SMILES string of the molecule is COC(=O)C(C)(C)CN1CCC(C)C(O)C1. The number of hydrogen-bond donors (Lipinski definition) is 1. The average molecular weight is 229 g/mol. The van der Waals surface area contributed by atoms with Gasteiger partial charge in [-0.2, -0.15) is 0 Å². The Labute approximate surface area is 97.6 Å². The lowest BCUT2D eigenvalue weighted by atomic mass is 9.90. The van der Waals surface area contributed by atoms with Gasteiger partial charge in [0.15, 0.2) is 0 Å². The third kappa shape index (κ3) is 3.19. The minimum absolute atomic E-state index is 0.194. The predicted octanol–water partition coefficient (Wildman–Crippen LogP) is 0.888. The Bertz CT molecular complexity index is 253. The largest absolute Gasteiger partial charge is 0.469 e. The molecule has 0 bridgehead atoms. The molecule has 4 nitrogen and oxygen atoms in total. The molecule has 2 unspecified atom stereocenters. The molecule has 0 aromatic carbocycles. The molecule has 0 amide bonds. The maximum absolute atomic E-state index is 11.5. The summed E-state index contributed by atoms with van der Waals surface area (Å²) < 4.78 is 4.78. The second-order valence-electron chi connectivity index (χ2n) is 5.44. The molecule has 1 heterocycles. The van der Waals surface area contributed by atoms with Gasteiger partial charge in [0.05, 0.1) is 18.6 Å². The number of β-amino-alcohol motifs (C(OH)–C–C–N with tert-alkyl or cyclic N) is 1. The van der Waals surface area contributed by atoms with Gasteiger partial charge in [-0.3, -0.25) is 9.69 Å². The van der Waals surface area contributed by atoms with Crippen LogP contribution < -0.4 is 0 Å². The molecule has 2 atom stereocenters. The normalized spacial score (nSPS) is 27.8. The highest BCUT2D eigenvalue weighted by Crippen LogP contribution is 2.23. The first-order valence-corrected chi connectivity index (χ1v) is 5.85. The third-order valence-electron chi connectivity index (χ3n) is 3.36. The van der Waals surface area contributed by atoms with E-state index >= 15 is 0 Å². The molecule has 0 aromatic heterocycles. The molecule has 1 saturated heterocycles. The summed E-state index contributed by atoms with van der Waals surface area (Å²) in [6.45, 7) is 8.06. The quantitative estimate of drug-likeness (QED) is 0.730. The van der Waals surface area contributed by atoms with Crippen molar-refractivity contribution < 1.29 is 14.6 Å². The number of nitrogens with zero attached hydrogens (tertiary/aromatic N) is 1. The van der Waals surface area contributed by atoms with Gasteiger partial charge in [-0.05, 0) is 32.7 Å². The zero-order valence-corrected chi connectivity index (χ0v) is 10.7. The predicted molar refractivity (Wildman–Crippen MR) is 62.0 cm³/mol. The van der Waals surface area contributed by atoms with Crippen molar-refractivity contribution in [2.24, 2.45) is 11.3 Å². The molecule has 0 aromatic rings. The monoisotopic (exact) mass is 229 g/mol. The fourth-order valence-electron chi connectivity index (χ4n) is 2.16. The van der Waals surface area contributed by atoms with E-state index in [1.165, 1.54) is 7.11 Å². The molecule has 0 radical (unpaired) electrons. The number of carbonyl (C=O) groups excluding carboxylic acids is 1. The molecule has 0 spiro atoms. The van der Waals surface area contributed by atoms with Crippen LogP contribution in [0.25, 0.3) is 0 Å². The fraction of sp³-hybridized carbons (Fsp3) is 0.917. The van der Waals surface area contributed by atoms with Gasteiger partial charge in [0, 0.05) is 13.1 Å². The van der Waals surface area contributed by atoms with Crippen molar-refractivity contribution in [1.29, 1.82) is 0 Å². The number of likely N-dealkylation sites (tertiary alicyclic amines) is 1. The number of ether oxygens (including phenoxy) is 1. The Balaban J connectivity index is 2.51. The van der Waals surface area contributed by atoms with Crippen molar-refractivity contribution in [2.45, 2.75) is 33.3 Å². The van der Waals surface area contributed by atoms with Gasteiger partial charge < -0.3 is 9.84 Å².